The van der Waals surface area contributed by atoms with Gasteiger partial charge >= 0.3 is 6.09 Å². The van der Waals surface area contributed by atoms with Gasteiger partial charge in [-0.15, -0.1) is 0 Å². The number of hydrogen-bond acceptors (Lipinski definition) is 2. The van der Waals surface area contributed by atoms with Crippen molar-refractivity contribution in [2.24, 2.45) is 11.1 Å². The van der Waals surface area contributed by atoms with Crippen LogP contribution in [0.15, 0.2) is 0 Å². The van der Waals surface area contributed by atoms with Crippen molar-refractivity contribution in [2.45, 2.75) is 58.0 Å². The number of amides is 1. The molecule has 0 bridgehead atoms. The Morgan fingerprint density at radius 1 is 1.47 bits per heavy atom. The second-order valence-corrected chi connectivity index (χ2v) is 5.50. The van der Waals surface area contributed by atoms with Crippen LogP contribution >= 0.6 is 0 Å². The normalized spacial score (nSPS) is 32.4. The van der Waals surface area contributed by atoms with Crippen LogP contribution in [0.5, 0.6) is 0 Å². The van der Waals surface area contributed by atoms with Gasteiger partial charge in [0, 0.05) is 6.04 Å². The van der Waals surface area contributed by atoms with Gasteiger partial charge in [0.05, 0.1) is 5.54 Å². The minimum Gasteiger partial charge on any atom is -0.465 e. The summed E-state index contributed by atoms with van der Waals surface area (Å²) in [7, 11) is 0. The molecule has 1 aliphatic carbocycles. The fourth-order valence-electron chi connectivity index (χ4n) is 2.66. The third-order valence-electron chi connectivity index (χ3n) is 3.64. The summed E-state index contributed by atoms with van der Waals surface area (Å²) < 4.78 is 0. The van der Waals surface area contributed by atoms with Gasteiger partial charge in [-0.3, -0.25) is 0 Å². The van der Waals surface area contributed by atoms with Gasteiger partial charge in [-0.25, -0.2) is 4.79 Å². The summed E-state index contributed by atoms with van der Waals surface area (Å²) >= 11 is 0. The molecule has 4 nitrogen and oxygen atoms in total. The number of rotatable bonds is 1. The highest BCUT2D eigenvalue weighted by atomic mass is 16.4. The van der Waals surface area contributed by atoms with Crippen molar-refractivity contribution in [1.82, 2.24) is 5.32 Å². The van der Waals surface area contributed by atoms with Crippen molar-refractivity contribution in [3.05, 3.63) is 0 Å². The Hall–Kier alpha value is -0.770. The third-order valence-corrected chi connectivity index (χ3v) is 3.64. The maximum Gasteiger partial charge on any atom is 0.405 e. The monoisotopic (exact) mass is 214 g/mol. The molecule has 0 spiro atoms. The van der Waals surface area contributed by atoms with Gasteiger partial charge < -0.3 is 16.2 Å². The van der Waals surface area contributed by atoms with Crippen molar-refractivity contribution in [3.8, 4) is 0 Å². The molecule has 0 aliphatic heterocycles. The average Bonchev–Trinajstić information content (AvgIpc) is 2.06. The molecule has 1 rings (SSSR count). The minimum absolute atomic E-state index is 0.0812. The largest absolute Gasteiger partial charge is 0.465 e. The summed E-state index contributed by atoms with van der Waals surface area (Å²) in [4.78, 5) is 10.9. The summed E-state index contributed by atoms with van der Waals surface area (Å²) in [5.74, 6) is 0. The second kappa shape index (κ2) is 4.00. The van der Waals surface area contributed by atoms with E-state index in [0.29, 0.717) is 0 Å². The van der Waals surface area contributed by atoms with Crippen molar-refractivity contribution in [1.29, 1.82) is 0 Å². The number of nitrogens with two attached hydrogens (primary N) is 1. The summed E-state index contributed by atoms with van der Waals surface area (Å²) in [6.45, 7) is 6.15. The molecule has 4 heteroatoms. The van der Waals surface area contributed by atoms with E-state index in [1.807, 2.05) is 20.8 Å². The van der Waals surface area contributed by atoms with Gasteiger partial charge in [0.2, 0.25) is 0 Å². The lowest BCUT2D eigenvalue weighted by molar-refractivity contribution is 0.0653. The summed E-state index contributed by atoms with van der Waals surface area (Å²) in [5, 5.41) is 11.6. The van der Waals surface area contributed by atoms with E-state index < -0.39 is 11.6 Å². The third kappa shape index (κ3) is 2.25. The molecule has 0 saturated heterocycles. The number of hydrogen-bond donors (Lipinski definition) is 3. The van der Waals surface area contributed by atoms with Crippen molar-refractivity contribution >= 4 is 6.09 Å². The number of nitrogens with one attached hydrogen (secondary N) is 1. The molecule has 0 heterocycles. The molecule has 15 heavy (non-hydrogen) atoms. The summed E-state index contributed by atoms with van der Waals surface area (Å²) in [6.07, 6.45) is 2.91. The Bertz CT molecular complexity index is 247. The van der Waals surface area contributed by atoms with Crippen LogP contribution in [0.3, 0.4) is 0 Å². The molecular formula is C11H22N2O2. The molecule has 0 aromatic carbocycles. The van der Waals surface area contributed by atoms with Gasteiger partial charge in [-0.05, 0) is 18.3 Å². The van der Waals surface area contributed by atoms with Crippen LogP contribution in [0.4, 0.5) is 4.79 Å². The van der Waals surface area contributed by atoms with E-state index in [-0.39, 0.29) is 11.5 Å². The van der Waals surface area contributed by atoms with Crippen LogP contribution in [-0.2, 0) is 0 Å². The lowest BCUT2D eigenvalue weighted by Crippen LogP contribution is -2.67. The van der Waals surface area contributed by atoms with Gasteiger partial charge in [0.25, 0.3) is 0 Å². The Morgan fingerprint density at radius 2 is 2.07 bits per heavy atom. The Balaban J connectivity index is 2.98. The highest BCUT2D eigenvalue weighted by Gasteiger charge is 2.48. The smallest absolute Gasteiger partial charge is 0.405 e. The molecule has 1 amide bonds. The predicted octanol–water partition coefficient (Wildman–Crippen LogP) is 1.94. The van der Waals surface area contributed by atoms with E-state index in [4.69, 9.17) is 10.8 Å². The average molecular weight is 214 g/mol. The van der Waals surface area contributed by atoms with E-state index in [1.165, 1.54) is 0 Å². The van der Waals surface area contributed by atoms with Gasteiger partial charge in [-0.2, -0.15) is 0 Å². The van der Waals surface area contributed by atoms with E-state index in [0.717, 1.165) is 25.7 Å². The first-order valence-electron chi connectivity index (χ1n) is 5.56. The van der Waals surface area contributed by atoms with Gasteiger partial charge in [0.1, 0.15) is 0 Å². The lowest BCUT2D eigenvalue weighted by atomic mass is 9.63. The van der Waals surface area contributed by atoms with Crippen LogP contribution in [-0.4, -0.2) is 22.8 Å². The fourth-order valence-corrected chi connectivity index (χ4v) is 2.66. The van der Waals surface area contributed by atoms with E-state index in [2.05, 4.69) is 5.32 Å². The zero-order valence-electron chi connectivity index (χ0n) is 9.84. The summed E-state index contributed by atoms with van der Waals surface area (Å²) in [6, 6.07) is -0.0812. The molecule has 88 valence electrons. The maximum absolute atomic E-state index is 10.9. The highest BCUT2D eigenvalue weighted by molar-refractivity contribution is 5.66. The van der Waals surface area contributed by atoms with Crippen molar-refractivity contribution < 1.29 is 9.90 Å². The van der Waals surface area contributed by atoms with Crippen molar-refractivity contribution in [3.63, 3.8) is 0 Å². The molecule has 4 N–H and O–H groups in total. The standard InChI is InChI=1S/C11H22N2O2/c1-10(2,3)11(13-9(14)15)7-5-4-6-8(11)12/h8,13H,4-7,12H2,1-3H3,(H,14,15). The van der Waals surface area contributed by atoms with Crippen LogP contribution in [0.1, 0.15) is 46.5 Å². The van der Waals surface area contributed by atoms with Gasteiger partial charge in [0.15, 0.2) is 0 Å². The first kappa shape index (κ1) is 12.3. The fraction of sp³-hybridized carbons (Fsp3) is 0.909. The molecule has 0 radical (unpaired) electrons. The first-order chi connectivity index (χ1) is 6.79. The summed E-state index contributed by atoms with van der Waals surface area (Å²) in [5.41, 5.74) is 5.50. The zero-order chi connectivity index (χ0) is 11.7. The number of carboxylic acid groups (broad SMARTS) is 1. The molecule has 0 aromatic rings. The SMILES string of the molecule is CC(C)(C)C1(NC(=O)O)CCCCC1N. The molecule has 2 unspecified atom stereocenters. The minimum atomic E-state index is -0.970. The molecule has 2 atom stereocenters. The molecule has 1 aliphatic rings. The number of carbonyl (C=O) groups is 1. The highest BCUT2D eigenvalue weighted by Crippen LogP contribution is 2.41. The quantitative estimate of drug-likeness (QED) is 0.624. The van der Waals surface area contributed by atoms with E-state index >= 15 is 0 Å². The Kier molecular flexibility index (Phi) is 3.28. The van der Waals surface area contributed by atoms with E-state index in [9.17, 15) is 4.79 Å². The van der Waals surface area contributed by atoms with Crippen LogP contribution in [0.2, 0.25) is 0 Å². The Morgan fingerprint density at radius 3 is 2.47 bits per heavy atom. The van der Waals surface area contributed by atoms with Crippen molar-refractivity contribution in [2.75, 3.05) is 0 Å². The van der Waals surface area contributed by atoms with Crippen LogP contribution < -0.4 is 11.1 Å². The molecular weight excluding hydrogens is 192 g/mol. The molecule has 1 fully saturated rings. The maximum atomic E-state index is 10.9. The first-order valence-corrected chi connectivity index (χ1v) is 5.56. The van der Waals surface area contributed by atoms with Gasteiger partial charge in [-0.1, -0.05) is 33.6 Å². The van der Waals surface area contributed by atoms with E-state index in [1.54, 1.807) is 0 Å². The predicted molar refractivity (Wildman–Crippen MR) is 59.8 cm³/mol. The molecule has 1 saturated carbocycles. The Labute approximate surface area is 91.2 Å². The van der Waals surface area contributed by atoms with Crippen LogP contribution in [0, 0.1) is 5.41 Å². The molecule has 0 aromatic heterocycles. The topological polar surface area (TPSA) is 75.3 Å². The van der Waals surface area contributed by atoms with Crippen LogP contribution in [0.25, 0.3) is 0 Å². The zero-order valence-corrected chi connectivity index (χ0v) is 9.84. The second-order valence-electron chi connectivity index (χ2n) is 5.50. The lowest BCUT2D eigenvalue weighted by Gasteiger charge is -2.51.